The Bertz CT molecular complexity index is 912. The smallest absolute Gasteiger partial charge is 0.212 e. The van der Waals surface area contributed by atoms with E-state index in [9.17, 15) is 4.79 Å². The predicted octanol–water partition coefficient (Wildman–Crippen LogP) is 2.77. The predicted molar refractivity (Wildman–Crippen MR) is 90.4 cm³/mol. The molecule has 2 heterocycles. The summed E-state index contributed by atoms with van der Waals surface area (Å²) in [5, 5.41) is 0. The molecule has 0 saturated carbocycles. The highest BCUT2D eigenvalue weighted by Gasteiger charge is 2.13. The van der Waals surface area contributed by atoms with E-state index in [-0.39, 0.29) is 5.43 Å². The van der Waals surface area contributed by atoms with Crippen molar-refractivity contribution in [3.05, 3.63) is 51.4 Å². The van der Waals surface area contributed by atoms with E-state index in [0.717, 1.165) is 22.5 Å². The van der Waals surface area contributed by atoms with E-state index in [0.29, 0.717) is 22.8 Å². The lowest BCUT2D eigenvalue weighted by molar-refractivity contribution is 0.415. The van der Waals surface area contributed by atoms with Crippen LogP contribution in [-0.4, -0.2) is 21.6 Å². The number of methoxy groups -OCH3 is 1. The number of H-pyrrole nitrogens is 1. The van der Waals surface area contributed by atoms with Gasteiger partial charge >= 0.3 is 0 Å². The highest BCUT2D eigenvalue weighted by atomic mass is 32.1. The first kappa shape index (κ1) is 14.7. The van der Waals surface area contributed by atoms with Crippen LogP contribution in [-0.2, 0) is 5.75 Å². The molecule has 0 aliphatic heterocycles. The van der Waals surface area contributed by atoms with E-state index in [1.807, 2.05) is 29.7 Å². The molecule has 3 rings (SSSR count). The molecule has 0 aliphatic rings. The standard InChI is InChI=1S/C16H17N3O2S/c1-9-7-19(14(8-22)10(2)15(9)20)16-17-12-5-4-11(21-3)6-13(12)18-16/h4-7,22H,8H2,1-3H3,(H,17,18). The molecule has 0 radical (unpaired) electrons. The summed E-state index contributed by atoms with van der Waals surface area (Å²) in [5.74, 6) is 1.89. The summed E-state index contributed by atoms with van der Waals surface area (Å²) in [6.07, 6.45) is 1.80. The Morgan fingerprint density at radius 3 is 2.82 bits per heavy atom. The number of hydrogen-bond donors (Lipinski definition) is 2. The maximum Gasteiger partial charge on any atom is 0.212 e. The zero-order valence-electron chi connectivity index (χ0n) is 12.7. The molecule has 3 aromatic rings. The fraction of sp³-hybridized carbons (Fsp3) is 0.250. The first-order valence-corrected chi connectivity index (χ1v) is 7.55. The number of aromatic amines is 1. The Morgan fingerprint density at radius 1 is 1.36 bits per heavy atom. The van der Waals surface area contributed by atoms with Gasteiger partial charge in [-0.05, 0) is 26.0 Å². The van der Waals surface area contributed by atoms with Crippen molar-refractivity contribution in [3.63, 3.8) is 0 Å². The van der Waals surface area contributed by atoms with Crippen LogP contribution < -0.4 is 10.2 Å². The summed E-state index contributed by atoms with van der Waals surface area (Å²) < 4.78 is 7.12. The number of nitrogens with one attached hydrogen (secondary N) is 1. The molecule has 0 fully saturated rings. The highest BCUT2D eigenvalue weighted by molar-refractivity contribution is 7.79. The fourth-order valence-corrected chi connectivity index (χ4v) is 2.93. The van der Waals surface area contributed by atoms with Crippen molar-refractivity contribution in [3.8, 4) is 11.7 Å². The zero-order chi connectivity index (χ0) is 15.9. The van der Waals surface area contributed by atoms with Gasteiger partial charge in [0.1, 0.15) is 5.75 Å². The van der Waals surface area contributed by atoms with Crippen molar-refractivity contribution in [2.75, 3.05) is 7.11 Å². The third kappa shape index (κ3) is 2.29. The Kier molecular flexibility index (Phi) is 3.70. The lowest BCUT2D eigenvalue weighted by Gasteiger charge is -2.13. The van der Waals surface area contributed by atoms with Gasteiger partial charge in [-0.15, -0.1) is 0 Å². The van der Waals surface area contributed by atoms with Crippen LogP contribution in [0.2, 0.25) is 0 Å². The molecule has 0 saturated heterocycles. The van der Waals surface area contributed by atoms with Crippen molar-refractivity contribution >= 4 is 23.7 Å². The number of benzene rings is 1. The van der Waals surface area contributed by atoms with Crippen LogP contribution in [0.5, 0.6) is 5.75 Å². The average Bonchev–Trinajstić information content (AvgIpc) is 2.95. The minimum Gasteiger partial charge on any atom is -0.497 e. The van der Waals surface area contributed by atoms with Crippen LogP contribution >= 0.6 is 12.6 Å². The number of thiol groups is 1. The zero-order valence-corrected chi connectivity index (χ0v) is 13.6. The lowest BCUT2D eigenvalue weighted by Crippen LogP contribution is -2.18. The fourth-order valence-electron chi connectivity index (χ4n) is 2.54. The number of rotatable bonds is 3. The summed E-state index contributed by atoms with van der Waals surface area (Å²) in [6.45, 7) is 3.63. The molecule has 114 valence electrons. The minimum absolute atomic E-state index is 0.0538. The number of pyridine rings is 1. The molecule has 1 aromatic carbocycles. The van der Waals surface area contributed by atoms with E-state index in [1.54, 1.807) is 20.2 Å². The number of imidazole rings is 1. The number of aromatic nitrogens is 3. The summed E-state index contributed by atoms with van der Waals surface area (Å²) in [5.41, 5.74) is 4.00. The average molecular weight is 315 g/mol. The Morgan fingerprint density at radius 2 is 2.14 bits per heavy atom. The Hall–Kier alpha value is -2.21. The van der Waals surface area contributed by atoms with E-state index < -0.39 is 0 Å². The van der Waals surface area contributed by atoms with E-state index in [4.69, 9.17) is 4.74 Å². The van der Waals surface area contributed by atoms with E-state index in [1.165, 1.54) is 0 Å². The normalized spacial score (nSPS) is 11.1. The molecule has 0 spiro atoms. The number of fused-ring (bicyclic) bond motifs is 1. The van der Waals surface area contributed by atoms with Gasteiger partial charge in [0.05, 0.1) is 18.1 Å². The lowest BCUT2D eigenvalue weighted by atomic mass is 10.1. The minimum atomic E-state index is 0.0538. The third-order valence-electron chi connectivity index (χ3n) is 3.80. The van der Waals surface area contributed by atoms with E-state index in [2.05, 4.69) is 22.6 Å². The largest absolute Gasteiger partial charge is 0.497 e. The Balaban J connectivity index is 2.25. The molecule has 0 unspecified atom stereocenters. The Labute approximate surface area is 133 Å². The van der Waals surface area contributed by atoms with Crippen LogP contribution in [0, 0.1) is 13.8 Å². The molecule has 0 atom stereocenters. The maximum atomic E-state index is 12.1. The van der Waals surface area contributed by atoms with Gasteiger partial charge in [0.15, 0.2) is 5.43 Å². The van der Waals surface area contributed by atoms with Crippen molar-refractivity contribution in [2.45, 2.75) is 19.6 Å². The molecule has 6 heteroatoms. The van der Waals surface area contributed by atoms with Gasteiger partial charge in [-0.3, -0.25) is 9.36 Å². The molecule has 22 heavy (non-hydrogen) atoms. The number of hydrogen-bond acceptors (Lipinski definition) is 4. The molecule has 2 aromatic heterocycles. The van der Waals surface area contributed by atoms with Crippen molar-refractivity contribution in [2.24, 2.45) is 0 Å². The highest BCUT2D eigenvalue weighted by Crippen LogP contribution is 2.21. The van der Waals surface area contributed by atoms with Crippen molar-refractivity contribution < 1.29 is 4.74 Å². The van der Waals surface area contributed by atoms with Gasteiger partial charge in [-0.2, -0.15) is 12.6 Å². The first-order chi connectivity index (χ1) is 10.5. The molecular weight excluding hydrogens is 298 g/mol. The summed E-state index contributed by atoms with van der Waals surface area (Å²) in [7, 11) is 1.63. The van der Waals surface area contributed by atoms with Gasteiger partial charge in [-0.25, -0.2) is 4.98 Å². The number of aryl methyl sites for hydroxylation is 1. The van der Waals surface area contributed by atoms with Crippen molar-refractivity contribution in [1.29, 1.82) is 0 Å². The second-order valence-corrected chi connectivity index (χ2v) is 5.50. The third-order valence-corrected chi connectivity index (χ3v) is 4.10. The summed E-state index contributed by atoms with van der Waals surface area (Å²) in [4.78, 5) is 20.0. The molecule has 0 amide bonds. The van der Waals surface area contributed by atoms with Gasteiger partial charge < -0.3 is 9.72 Å². The van der Waals surface area contributed by atoms with Crippen LogP contribution in [0.1, 0.15) is 16.8 Å². The van der Waals surface area contributed by atoms with Crippen LogP contribution in [0.3, 0.4) is 0 Å². The first-order valence-electron chi connectivity index (χ1n) is 6.92. The van der Waals surface area contributed by atoms with Gasteiger partial charge in [-0.1, -0.05) is 0 Å². The van der Waals surface area contributed by atoms with Crippen molar-refractivity contribution in [1.82, 2.24) is 14.5 Å². The molecule has 1 N–H and O–H groups in total. The van der Waals surface area contributed by atoms with Crippen LogP contribution in [0.25, 0.3) is 17.0 Å². The van der Waals surface area contributed by atoms with Crippen LogP contribution in [0.4, 0.5) is 0 Å². The second-order valence-electron chi connectivity index (χ2n) is 5.18. The molecule has 0 aliphatic carbocycles. The van der Waals surface area contributed by atoms with Gasteiger partial charge in [0.25, 0.3) is 0 Å². The quantitative estimate of drug-likeness (QED) is 0.731. The second kappa shape index (κ2) is 5.53. The monoisotopic (exact) mass is 315 g/mol. The topological polar surface area (TPSA) is 59.9 Å². The van der Waals surface area contributed by atoms with Gasteiger partial charge in [0, 0.05) is 34.8 Å². The maximum absolute atomic E-state index is 12.1. The summed E-state index contributed by atoms with van der Waals surface area (Å²) >= 11 is 4.35. The SMILES string of the molecule is COc1ccc2nc(-n3cc(C)c(=O)c(C)c3CS)[nH]c2c1. The van der Waals surface area contributed by atoms with Gasteiger partial charge in [0.2, 0.25) is 5.95 Å². The number of nitrogens with zero attached hydrogens (tertiary/aromatic N) is 2. The molecule has 0 bridgehead atoms. The van der Waals surface area contributed by atoms with Crippen LogP contribution in [0.15, 0.2) is 29.2 Å². The van der Waals surface area contributed by atoms with E-state index >= 15 is 0 Å². The molecular formula is C16H17N3O2S. The summed E-state index contributed by atoms with van der Waals surface area (Å²) in [6, 6.07) is 5.67. The number of ether oxygens (including phenoxy) is 1. The molecule has 5 nitrogen and oxygen atoms in total.